The van der Waals surface area contributed by atoms with E-state index in [0.29, 0.717) is 68.1 Å². The number of hydrogen-bond donors (Lipinski definition) is 2. The molecule has 3 aliphatic heterocycles. The first-order chi connectivity index (χ1) is 27.9. The number of carbonyl (C=O) groups excluding carboxylic acids is 5. The Morgan fingerprint density at radius 1 is 0.914 bits per heavy atom. The van der Waals surface area contributed by atoms with Gasteiger partial charge in [-0.1, -0.05) is 0 Å². The van der Waals surface area contributed by atoms with Crippen LogP contribution in [0.3, 0.4) is 0 Å². The Morgan fingerprint density at radius 2 is 1.62 bits per heavy atom. The van der Waals surface area contributed by atoms with E-state index >= 15 is 0 Å². The number of anilines is 1. The molecule has 2 aromatic heterocycles. The first-order valence-electron chi connectivity index (χ1n) is 19.4. The number of thiophene rings is 1. The monoisotopic (exact) mass is 812 g/mol. The normalized spacial score (nSPS) is 17.2. The molecule has 0 saturated carbocycles. The van der Waals surface area contributed by atoms with Crippen molar-refractivity contribution >= 4 is 56.0 Å². The molecule has 1 unspecified atom stereocenters. The molecule has 2 saturated heterocycles. The van der Waals surface area contributed by atoms with E-state index in [-0.39, 0.29) is 41.5 Å². The van der Waals surface area contributed by atoms with E-state index in [0.717, 1.165) is 44.1 Å². The van der Waals surface area contributed by atoms with Gasteiger partial charge in [0, 0.05) is 57.3 Å². The van der Waals surface area contributed by atoms with Crippen molar-refractivity contribution in [3.63, 3.8) is 0 Å². The van der Waals surface area contributed by atoms with E-state index in [4.69, 9.17) is 14.2 Å². The van der Waals surface area contributed by atoms with Crippen LogP contribution in [0.25, 0.3) is 21.2 Å². The van der Waals surface area contributed by atoms with Gasteiger partial charge in [-0.2, -0.15) is 0 Å². The van der Waals surface area contributed by atoms with Crippen LogP contribution in [-0.2, 0) is 28.0 Å². The Morgan fingerprint density at radius 3 is 2.29 bits per heavy atom. The number of hydrogen-bond acceptors (Lipinski definition) is 12. The molecular weight excluding hydrogens is 765 g/mol. The van der Waals surface area contributed by atoms with E-state index in [9.17, 15) is 28.8 Å². The number of unbranched alkanes of at least 4 members (excludes halogenated alkanes) is 1. The average Bonchev–Trinajstić information content (AvgIpc) is 3.73. The second kappa shape index (κ2) is 17.0. The molecular formula is C42H48N6O9S. The topological polar surface area (TPSA) is 169 Å². The quantitative estimate of drug-likeness (QED) is 0.137. The summed E-state index contributed by atoms with van der Waals surface area (Å²) in [6.07, 6.45) is 5.17. The average molecular weight is 813 g/mol. The maximum atomic E-state index is 13.3. The summed E-state index contributed by atoms with van der Waals surface area (Å²) in [6, 6.07) is 9.66. The number of pyridine rings is 1. The second-order valence-electron chi connectivity index (χ2n) is 15.2. The fraction of sp³-hybridized carbons (Fsp3) is 0.429. The first-order valence-corrected chi connectivity index (χ1v) is 20.2. The van der Waals surface area contributed by atoms with Crippen LogP contribution in [0, 0.1) is 0 Å². The van der Waals surface area contributed by atoms with Crippen molar-refractivity contribution in [3.8, 4) is 28.4 Å². The Balaban J connectivity index is 0.900. The van der Waals surface area contributed by atoms with Crippen LogP contribution in [0.15, 0.2) is 47.4 Å². The third-order valence-electron chi connectivity index (χ3n) is 10.9. The smallest absolute Gasteiger partial charge is 0.262 e. The van der Waals surface area contributed by atoms with Crippen molar-refractivity contribution in [2.24, 2.45) is 7.05 Å². The highest BCUT2D eigenvalue weighted by atomic mass is 32.1. The molecule has 2 fully saturated rings. The number of methoxy groups -OCH3 is 2. The van der Waals surface area contributed by atoms with E-state index in [2.05, 4.69) is 15.5 Å². The molecule has 58 heavy (non-hydrogen) atoms. The molecule has 2 N–H and O–H groups in total. The number of amides is 5. The van der Waals surface area contributed by atoms with Crippen molar-refractivity contribution in [3.05, 3.63) is 69.6 Å². The van der Waals surface area contributed by atoms with Gasteiger partial charge in [0.2, 0.25) is 17.7 Å². The lowest BCUT2D eigenvalue weighted by Gasteiger charge is -2.32. The summed E-state index contributed by atoms with van der Waals surface area (Å²) in [5, 5.41) is 7.37. The molecule has 0 radical (unpaired) electrons. The molecule has 0 bridgehead atoms. The number of fused-ring (bicyclic) bond motifs is 2. The number of piperidine rings is 2. The summed E-state index contributed by atoms with van der Waals surface area (Å²) >= 11 is 1.54. The van der Waals surface area contributed by atoms with Crippen molar-refractivity contribution in [1.82, 2.24) is 24.6 Å². The minimum absolute atomic E-state index is 0.0527. The summed E-state index contributed by atoms with van der Waals surface area (Å²) in [4.78, 5) is 81.2. The summed E-state index contributed by atoms with van der Waals surface area (Å²) in [5.41, 5.74) is 3.02. The summed E-state index contributed by atoms with van der Waals surface area (Å²) in [6.45, 7) is 2.22. The van der Waals surface area contributed by atoms with Gasteiger partial charge in [-0.15, -0.1) is 11.3 Å². The SMILES string of the molecule is COc1cc(-c2cn(C)c(=O)c3cc(NC4CCN(C(=O)CCCCOc5ccc6c(c5)C(=O)N(C5CCC(=O)NC5=O)C6=O)CC4)sc23)cc(OC)c1CN(C)C. The van der Waals surface area contributed by atoms with Gasteiger partial charge in [0.15, 0.2) is 0 Å². The van der Waals surface area contributed by atoms with Crippen molar-refractivity contribution < 1.29 is 38.2 Å². The van der Waals surface area contributed by atoms with Crippen LogP contribution in [-0.4, -0.2) is 109 Å². The molecule has 4 aromatic rings. The zero-order valence-electron chi connectivity index (χ0n) is 33.3. The van der Waals surface area contributed by atoms with Crippen molar-refractivity contribution in [2.75, 3.05) is 53.3 Å². The molecule has 3 aliphatic rings. The van der Waals surface area contributed by atoms with Gasteiger partial charge in [0.25, 0.3) is 17.4 Å². The molecule has 0 spiro atoms. The van der Waals surface area contributed by atoms with Gasteiger partial charge in [-0.25, -0.2) is 0 Å². The van der Waals surface area contributed by atoms with Crippen LogP contribution in [0.2, 0.25) is 0 Å². The molecule has 7 rings (SSSR count). The number of rotatable bonds is 14. The number of benzene rings is 2. The van der Waals surface area contributed by atoms with Crippen LogP contribution in [0.1, 0.15) is 71.2 Å². The first kappa shape index (κ1) is 40.5. The lowest BCUT2D eigenvalue weighted by atomic mass is 10.0. The van der Waals surface area contributed by atoms with Gasteiger partial charge in [-0.3, -0.25) is 39.0 Å². The van der Waals surface area contributed by atoms with Crippen molar-refractivity contribution in [2.45, 2.75) is 63.6 Å². The molecule has 1 atom stereocenters. The third-order valence-corrected chi connectivity index (χ3v) is 12.0. The summed E-state index contributed by atoms with van der Waals surface area (Å²) in [5.74, 6) is -0.311. The van der Waals surface area contributed by atoms with Crippen LogP contribution < -0.4 is 30.4 Å². The highest BCUT2D eigenvalue weighted by Crippen LogP contribution is 2.41. The standard InChI is InChI=1S/C42H48N6O9S/c1-45(2)22-31-33(55-4)18-24(19-34(31)56-5)30-23-46(3)40(52)29-21-36(58-38(29)30)43-25-13-15-47(16-14-25)37(50)8-6-7-17-57-26-9-10-27-28(20-26)42(54)48(41(27)53)32-11-12-35(49)44-39(32)51/h9-10,18-21,23,25,32,43H,6-8,11-17,22H2,1-5H3,(H,44,49,51). The molecule has 16 heteroatoms. The Labute approximate surface area is 339 Å². The zero-order valence-corrected chi connectivity index (χ0v) is 34.2. The Kier molecular flexibility index (Phi) is 11.9. The van der Waals surface area contributed by atoms with Gasteiger partial charge in [0.1, 0.15) is 23.3 Å². The summed E-state index contributed by atoms with van der Waals surface area (Å²) in [7, 11) is 9.03. The Bertz CT molecular complexity index is 2320. The number of aryl methyl sites for hydroxylation is 1. The van der Waals surface area contributed by atoms with E-state index < -0.39 is 29.7 Å². The number of carbonyl (C=O) groups is 5. The summed E-state index contributed by atoms with van der Waals surface area (Å²) < 4.78 is 19.9. The highest BCUT2D eigenvalue weighted by molar-refractivity contribution is 7.23. The molecule has 15 nitrogen and oxygen atoms in total. The number of ether oxygens (including phenoxy) is 3. The highest BCUT2D eigenvalue weighted by Gasteiger charge is 2.44. The molecule has 5 heterocycles. The van der Waals surface area contributed by atoms with E-state index in [1.54, 1.807) is 43.2 Å². The lowest BCUT2D eigenvalue weighted by Crippen LogP contribution is -2.54. The Hall–Kier alpha value is -5.74. The zero-order chi connectivity index (χ0) is 41.2. The van der Waals surface area contributed by atoms with Crippen LogP contribution in [0.4, 0.5) is 5.00 Å². The van der Waals surface area contributed by atoms with E-state index in [1.165, 1.54) is 12.1 Å². The fourth-order valence-electron chi connectivity index (χ4n) is 7.88. The molecule has 5 amide bonds. The maximum Gasteiger partial charge on any atom is 0.262 e. The number of aromatic nitrogens is 1. The third kappa shape index (κ3) is 8.16. The number of likely N-dealkylation sites (tertiary alicyclic amines) is 1. The maximum absolute atomic E-state index is 13.3. The van der Waals surface area contributed by atoms with Gasteiger partial charge in [0.05, 0.1) is 52.6 Å². The van der Waals surface area contributed by atoms with Crippen LogP contribution in [0.5, 0.6) is 17.2 Å². The van der Waals surface area contributed by atoms with E-state index in [1.807, 2.05) is 43.4 Å². The minimum Gasteiger partial charge on any atom is -0.496 e. The predicted octanol–water partition coefficient (Wildman–Crippen LogP) is 4.40. The molecule has 0 aliphatic carbocycles. The largest absolute Gasteiger partial charge is 0.496 e. The van der Waals surface area contributed by atoms with Gasteiger partial charge >= 0.3 is 0 Å². The lowest BCUT2D eigenvalue weighted by molar-refractivity contribution is -0.136. The second-order valence-corrected chi connectivity index (χ2v) is 16.2. The van der Waals surface area contributed by atoms with Crippen LogP contribution >= 0.6 is 11.3 Å². The van der Waals surface area contributed by atoms with Crippen molar-refractivity contribution in [1.29, 1.82) is 0 Å². The minimum atomic E-state index is -1.03. The predicted molar refractivity (Wildman–Crippen MR) is 219 cm³/mol. The van der Waals surface area contributed by atoms with Gasteiger partial charge < -0.3 is 33.9 Å². The number of nitrogens with one attached hydrogen (secondary N) is 2. The fourth-order valence-corrected chi connectivity index (χ4v) is 9.04. The molecule has 2 aromatic carbocycles. The molecule has 306 valence electrons. The number of imide groups is 2. The number of nitrogens with zero attached hydrogens (tertiary/aromatic N) is 4. The van der Waals surface area contributed by atoms with Gasteiger partial charge in [-0.05, 0) is 88.2 Å².